The Balaban J connectivity index is 1.72. The Morgan fingerprint density at radius 3 is 2.63 bits per heavy atom. The lowest BCUT2D eigenvalue weighted by atomic mass is 10.1. The van der Waals surface area contributed by atoms with Crippen LogP contribution in [0.2, 0.25) is 0 Å². The standard InChI is InChI=1S/C23H13N3O2S2/c27-26(28)14-8-9-17-15(11-14)22-21(24-17)20-16(19-7-4-10-29-19)12-18(25-23(20)30-22)13-5-2-1-3-6-13/h1-12,24H. The Labute approximate surface area is 178 Å². The van der Waals surface area contributed by atoms with Crippen LogP contribution >= 0.6 is 22.7 Å². The minimum Gasteiger partial charge on any atom is -0.353 e. The number of H-pyrrole nitrogens is 1. The molecule has 1 N–H and O–H groups in total. The Morgan fingerprint density at radius 1 is 1.00 bits per heavy atom. The van der Waals surface area contributed by atoms with Crippen LogP contribution in [0.4, 0.5) is 5.69 Å². The fourth-order valence-corrected chi connectivity index (χ4v) is 5.80. The van der Waals surface area contributed by atoms with E-state index >= 15 is 0 Å². The number of benzene rings is 2. The summed E-state index contributed by atoms with van der Waals surface area (Å²) in [4.78, 5) is 21.5. The highest BCUT2D eigenvalue weighted by atomic mass is 32.1. The molecule has 0 fully saturated rings. The molecule has 6 rings (SSSR count). The van der Waals surface area contributed by atoms with Gasteiger partial charge in [0.1, 0.15) is 4.83 Å². The van der Waals surface area contributed by atoms with E-state index in [0.29, 0.717) is 0 Å². The molecule has 6 aromatic rings. The quantitative estimate of drug-likeness (QED) is 0.239. The molecule has 0 radical (unpaired) electrons. The van der Waals surface area contributed by atoms with Crippen LogP contribution in [-0.4, -0.2) is 14.9 Å². The summed E-state index contributed by atoms with van der Waals surface area (Å²) in [6.45, 7) is 0. The lowest BCUT2D eigenvalue weighted by molar-refractivity contribution is -0.384. The third-order valence-corrected chi connectivity index (χ3v) is 7.26. The minimum absolute atomic E-state index is 0.0947. The molecule has 5 nitrogen and oxygen atoms in total. The fraction of sp³-hybridized carbons (Fsp3) is 0. The zero-order chi connectivity index (χ0) is 20.2. The topological polar surface area (TPSA) is 71.8 Å². The summed E-state index contributed by atoms with van der Waals surface area (Å²) >= 11 is 3.27. The number of rotatable bonds is 3. The third-order valence-electron chi connectivity index (χ3n) is 5.24. The number of aromatic nitrogens is 2. The normalized spacial score (nSPS) is 11.6. The number of nitrogens with zero attached hydrogens (tertiary/aromatic N) is 2. The number of nitro benzene ring substituents is 1. The van der Waals surface area contributed by atoms with Crippen molar-refractivity contribution in [2.24, 2.45) is 0 Å². The highest BCUT2D eigenvalue weighted by Gasteiger charge is 2.20. The number of nitro groups is 1. The van der Waals surface area contributed by atoms with E-state index in [1.165, 1.54) is 10.9 Å². The van der Waals surface area contributed by atoms with Crippen molar-refractivity contribution in [3.63, 3.8) is 0 Å². The number of pyridine rings is 1. The molecule has 0 unspecified atom stereocenters. The maximum absolute atomic E-state index is 11.3. The maximum Gasteiger partial charge on any atom is 0.270 e. The molecule has 30 heavy (non-hydrogen) atoms. The number of thiophene rings is 2. The highest BCUT2D eigenvalue weighted by Crippen LogP contribution is 2.44. The van der Waals surface area contributed by atoms with Gasteiger partial charge in [-0.1, -0.05) is 36.4 Å². The second kappa shape index (κ2) is 6.48. The van der Waals surface area contributed by atoms with Gasteiger partial charge in [0.2, 0.25) is 0 Å². The van der Waals surface area contributed by atoms with Gasteiger partial charge in [-0.05, 0) is 23.6 Å². The largest absolute Gasteiger partial charge is 0.353 e. The molecule has 4 heterocycles. The predicted molar refractivity (Wildman–Crippen MR) is 124 cm³/mol. The summed E-state index contributed by atoms with van der Waals surface area (Å²) in [5.74, 6) is 0. The van der Waals surface area contributed by atoms with Gasteiger partial charge in [-0.25, -0.2) is 4.98 Å². The van der Waals surface area contributed by atoms with E-state index in [1.807, 2.05) is 24.3 Å². The molecule has 2 aromatic carbocycles. The van der Waals surface area contributed by atoms with Gasteiger partial charge in [-0.3, -0.25) is 10.1 Å². The van der Waals surface area contributed by atoms with Crippen molar-refractivity contribution in [2.75, 3.05) is 0 Å². The molecule has 144 valence electrons. The van der Waals surface area contributed by atoms with E-state index in [4.69, 9.17) is 4.98 Å². The predicted octanol–water partition coefficient (Wildman–Crippen LogP) is 7.23. The van der Waals surface area contributed by atoms with Crippen molar-refractivity contribution in [1.82, 2.24) is 9.97 Å². The molecule has 7 heteroatoms. The molecule has 0 aliphatic heterocycles. The number of hydrogen-bond acceptors (Lipinski definition) is 5. The molecular weight excluding hydrogens is 414 g/mol. The number of non-ortho nitro benzene ring substituents is 1. The first kappa shape index (κ1) is 17.3. The number of nitrogens with one attached hydrogen (secondary N) is 1. The Morgan fingerprint density at radius 2 is 1.87 bits per heavy atom. The van der Waals surface area contributed by atoms with Gasteiger partial charge < -0.3 is 4.98 Å². The number of aromatic amines is 1. The summed E-state index contributed by atoms with van der Waals surface area (Å²) in [6.07, 6.45) is 0. The lowest BCUT2D eigenvalue weighted by Crippen LogP contribution is -1.87. The molecule has 0 saturated carbocycles. The van der Waals surface area contributed by atoms with Crippen molar-refractivity contribution in [2.45, 2.75) is 0 Å². The van der Waals surface area contributed by atoms with Gasteiger partial charge in [0.15, 0.2) is 0 Å². The van der Waals surface area contributed by atoms with Gasteiger partial charge in [-0.15, -0.1) is 22.7 Å². The van der Waals surface area contributed by atoms with E-state index in [9.17, 15) is 10.1 Å². The van der Waals surface area contributed by atoms with Crippen LogP contribution < -0.4 is 0 Å². The molecule has 0 bridgehead atoms. The van der Waals surface area contributed by atoms with Crippen molar-refractivity contribution < 1.29 is 4.92 Å². The second-order valence-corrected chi connectivity index (χ2v) is 8.94. The van der Waals surface area contributed by atoms with Gasteiger partial charge in [0.25, 0.3) is 5.69 Å². The number of fused-ring (bicyclic) bond motifs is 5. The average Bonchev–Trinajstić information content (AvgIpc) is 3.49. The van der Waals surface area contributed by atoms with E-state index in [0.717, 1.165) is 48.2 Å². The van der Waals surface area contributed by atoms with Gasteiger partial charge in [-0.2, -0.15) is 0 Å². The van der Waals surface area contributed by atoms with Crippen LogP contribution in [0.5, 0.6) is 0 Å². The monoisotopic (exact) mass is 427 g/mol. The first-order chi connectivity index (χ1) is 14.7. The van der Waals surface area contributed by atoms with Crippen molar-refractivity contribution in [3.8, 4) is 21.7 Å². The zero-order valence-corrected chi connectivity index (χ0v) is 17.1. The van der Waals surface area contributed by atoms with Crippen molar-refractivity contribution in [3.05, 3.63) is 82.2 Å². The minimum atomic E-state index is -0.353. The summed E-state index contributed by atoms with van der Waals surface area (Å²) in [5.41, 5.74) is 5.09. The molecule has 0 spiro atoms. The Kier molecular flexibility index (Phi) is 3.74. The smallest absolute Gasteiger partial charge is 0.270 e. The van der Waals surface area contributed by atoms with Crippen molar-refractivity contribution in [1.29, 1.82) is 0 Å². The van der Waals surface area contributed by atoms with E-state index in [1.54, 1.807) is 34.8 Å². The van der Waals surface area contributed by atoms with Crippen molar-refractivity contribution >= 4 is 59.7 Å². The lowest BCUT2D eigenvalue weighted by Gasteiger charge is -2.06. The molecule has 0 aliphatic rings. The van der Waals surface area contributed by atoms with Crippen LogP contribution in [0.3, 0.4) is 0 Å². The first-order valence-corrected chi connectivity index (χ1v) is 11.0. The molecule has 0 amide bonds. The third kappa shape index (κ3) is 2.56. The molecule has 0 saturated heterocycles. The van der Waals surface area contributed by atoms with Crippen LogP contribution in [0.15, 0.2) is 72.1 Å². The second-order valence-electron chi connectivity index (χ2n) is 7.00. The first-order valence-electron chi connectivity index (χ1n) is 9.32. The Hall–Kier alpha value is -3.55. The fourth-order valence-electron chi connectivity index (χ4n) is 3.87. The molecule has 0 atom stereocenters. The van der Waals surface area contributed by atoms with E-state index in [2.05, 4.69) is 34.6 Å². The Bertz CT molecular complexity index is 1560. The SMILES string of the molecule is O=[N+]([O-])c1ccc2[nH]c3c(sc4nc(-c5ccccc5)cc(-c5cccs5)c43)c2c1. The van der Waals surface area contributed by atoms with Crippen LogP contribution in [0, 0.1) is 10.1 Å². The number of hydrogen-bond donors (Lipinski definition) is 1. The summed E-state index contributed by atoms with van der Waals surface area (Å²) < 4.78 is 0.999. The van der Waals surface area contributed by atoms with E-state index < -0.39 is 0 Å². The molecule has 4 aromatic heterocycles. The highest BCUT2D eigenvalue weighted by molar-refractivity contribution is 7.26. The van der Waals surface area contributed by atoms with Crippen LogP contribution in [-0.2, 0) is 0 Å². The zero-order valence-electron chi connectivity index (χ0n) is 15.5. The molecule has 0 aliphatic carbocycles. The summed E-state index contributed by atoms with van der Waals surface area (Å²) in [6, 6.07) is 21.4. The van der Waals surface area contributed by atoms with Gasteiger partial charge in [0.05, 0.1) is 20.8 Å². The summed E-state index contributed by atoms with van der Waals surface area (Å²) in [7, 11) is 0. The maximum atomic E-state index is 11.3. The van der Waals surface area contributed by atoms with Gasteiger partial charge >= 0.3 is 0 Å². The van der Waals surface area contributed by atoms with E-state index in [-0.39, 0.29) is 10.6 Å². The van der Waals surface area contributed by atoms with Crippen LogP contribution in [0.1, 0.15) is 0 Å². The van der Waals surface area contributed by atoms with Gasteiger partial charge in [0, 0.05) is 44.4 Å². The van der Waals surface area contributed by atoms with Crippen LogP contribution in [0.25, 0.3) is 53.0 Å². The summed E-state index contributed by atoms with van der Waals surface area (Å²) in [5, 5.41) is 15.3. The average molecular weight is 428 g/mol. The molecular formula is C23H13N3O2S2.